The maximum absolute atomic E-state index is 5.83. The average Bonchev–Trinajstić information content (AvgIpc) is 3.54. The Hall–Kier alpha value is -2.54. The molecule has 1 aliphatic heterocycles. The number of hydrogen-bond acceptors (Lipinski definition) is 3. The van der Waals surface area contributed by atoms with Gasteiger partial charge in [0.25, 0.3) is 5.89 Å². The summed E-state index contributed by atoms with van der Waals surface area (Å²) in [7, 11) is 0. The van der Waals surface area contributed by atoms with Crippen molar-refractivity contribution in [3.8, 4) is 11.4 Å². The standard InChI is InChI=1S/C25H36N6O.ClH/c1-2-3-4-5-6-7-8-9-16-30-18-15-19-20(12-10-13-21(19)30)23-28-24(32-29-23)22-14-11-17-31(22)25(26)27;/h10,12-13,15,18,22H,2-9,11,14,16-17H2,1H3,(H3,26,27);1H/t22-;/m0./s1. The molecule has 7 nitrogen and oxygen atoms in total. The van der Waals surface area contributed by atoms with Crippen molar-refractivity contribution in [1.29, 1.82) is 0 Å². The van der Waals surface area contributed by atoms with E-state index >= 15 is 0 Å². The first-order valence-corrected chi connectivity index (χ1v) is 12.3. The van der Waals surface area contributed by atoms with Gasteiger partial charge in [-0.25, -0.2) is 0 Å². The van der Waals surface area contributed by atoms with Crippen LogP contribution in [0.2, 0.25) is 0 Å². The Bertz CT molecular complexity index is 1050. The minimum Gasteiger partial charge on any atom is -1.00 e. The molecule has 0 unspecified atom stereocenters. The molecule has 180 valence electrons. The molecule has 0 saturated carbocycles. The van der Waals surface area contributed by atoms with Crippen molar-refractivity contribution in [3.05, 3.63) is 36.4 Å². The van der Waals surface area contributed by atoms with Gasteiger partial charge < -0.3 is 21.5 Å². The van der Waals surface area contributed by atoms with Gasteiger partial charge in [0.2, 0.25) is 5.82 Å². The molecule has 0 bridgehead atoms. The molecule has 0 spiro atoms. The number of unbranched alkanes of at least 4 members (excludes halogenated alkanes) is 7. The molecule has 1 aliphatic rings. The van der Waals surface area contributed by atoms with Gasteiger partial charge >= 0.3 is 5.96 Å². The van der Waals surface area contributed by atoms with Gasteiger partial charge in [0.15, 0.2) is 6.04 Å². The van der Waals surface area contributed by atoms with E-state index in [0.717, 1.165) is 36.9 Å². The number of guanidine groups is 1. The maximum Gasteiger partial charge on any atom is 0.341 e. The van der Waals surface area contributed by atoms with Crippen LogP contribution < -0.4 is 23.9 Å². The van der Waals surface area contributed by atoms with Crippen molar-refractivity contribution >= 4 is 16.9 Å². The van der Waals surface area contributed by atoms with E-state index in [0.29, 0.717) is 17.7 Å². The second-order valence-electron chi connectivity index (χ2n) is 8.95. The molecule has 0 amide bonds. The molecule has 1 aromatic carbocycles. The SMILES string of the molecule is CCCCCCCCCCn1ccc2c(-c3noc([C@@H]4CCC[N+]4=C(N)N)n3)cccc21.[Cl-]. The van der Waals surface area contributed by atoms with Crippen LogP contribution in [0, 0.1) is 0 Å². The van der Waals surface area contributed by atoms with Gasteiger partial charge in [0.1, 0.15) is 0 Å². The van der Waals surface area contributed by atoms with E-state index in [9.17, 15) is 0 Å². The predicted molar refractivity (Wildman–Crippen MR) is 128 cm³/mol. The van der Waals surface area contributed by atoms with Crippen LogP contribution in [0.15, 0.2) is 35.0 Å². The normalized spacial score (nSPS) is 15.8. The third-order valence-corrected chi connectivity index (χ3v) is 6.62. The van der Waals surface area contributed by atoms with Gasteiger partial charge in [-0.3, -0.25) is 16.0 Å². The summed E-state index contributed by atoms with van der Waals surface area (Å²) in [5, 5.41) is 5.45. The number of aryl methyl sites for hydroxylation is 1. The number of hydrogen-bond donors (Lipinski definition) is 2. The fourth-order valence-electron chi connectivity index (χ4n) is 4.84. The monoisotopic (exact) mass is 472 g/mol. The van der Waals surface area contributed by atoms with Crippen molar-refractivity contribution in [3.63, 3.8) is 0 Å². The molecule has 4 N–H and O–H groups in total. The summed E-state index contributed by atoms with van der Waals surface area (Å²) in [5.41, 5.74) is 13.9. The third kappa shape index (κ3) is 5.88. The molecule has 4 rings (SSSR count). The van der Waals surface area contributed by atoms with Crippen molar-refractivity contribution in [2.45, 2.75) is 83.7 Å². The Morgan fingerprint density at radius 2 is 1.85 bits per heavy atom. The molecule has 3 aromatic rings. The Morgan fingerprint density at radius 1 is 1.09 bits per heavy atom. The molecule has 0 radical (unpaired) electrons. The highest BCUT2D eigenvalue weighted by Crippen LogP contribution is 2.31. The van der Waals surface area contributed by atoms with Crippen LogP contribution in [0.4, 0.5) is 0 Å². The zero-order valence-electron chi connectivity index (χ0n) is 19.7. The van der Waals surface area contributed by atoms with Crippen LogP contribution >= 0.6 is 0 Å². The van der Waals surface area contributed by atoms with E-state index in [1.165, 1.54) is 56.9 Å². The summed E-state index contributed by atoms with van der Waals surface area (Å²) in [6.45, 7) is 4.13. The lowest BCUT2D eigenvalue weighted by atomic mass is 10.1. The fraction of sp³-hybridized carbons (Fsp3) is 0.560. The number of benzene rings is 1. The van der Waals surface area contributed by atoms with Gasteiger partial charge in [-0.05, 0) is 31.4 Å². The minimum absolute atomic E-state index is 0. The quantitative estimate of drug-likeness (QED) is 0.252. The topological polar surface area (TPSA) is 98.9 Å². The highest BCUT2D eigenvalue weighted by Gasteiger charge is 2.31. The second kappa shape index (κ2) is 12.1. The smallest absolute Gasteiger partial charge is 0.341 e. The Morgan fingerprint density at radius 3 is 2.61 bits per heavy atom. The third-order valence-electron chi connectivity index (χ3n) is 6.62. The molecule has 1 saturated heterocycles. The van der Waals surface area contributed by atoms with Gasteiger partial charge in [-0.1, -0.05) is 69.2 Å². The van der Waals surface area contributed by atoms with Gasteiger partial charge in [-0.15, -0.1) is 0 Å². The van der Waals surface area contributed by atoms with E-state index < -0.39 is 0 Å². The molecular formula is C25H37ClN6O. The molecule has 8 heteroatoms. The molecule has 33 heavy (non-hydrogen) atoms. The number of nitrogens with two attached hydrogens (primary N) is 2. The van der Waals surface area contributed by atoms with E-state index in [-0.39, 0.29) is 18.4 Å². The van der Waals surface area contributed by atoms with Crippen LogP contribution in [-0.4, -0.2) is 31.8 Å². The lowest BCUT2D eigenvalue weighted by Crippen LogP contribution is -3.00. The number of rotatable bonds is 11. The molecule has 0 aliphatic carbocycles. The molecule has 3 heterocycles. The van der Waals surface area contributed by atoms with Crippen LogP contribution in [0.5, 0.6) is 0 Å². The summed E-state index contributed by atoms with van der Waals surface area (Å²) in [4.78, 5) is 4.72. The first-order chi connectivity index (χ1) is 15.7. The van der Waals surface area contributed by atoms with Gasteiger partial charge in [0.05, 0.1) is 6.54 Å². The van der Waals surface area contributed by atoms with Gasteiger partial charge in [0, 0.05) is 29.2 Å². The molecule has 2 aromatic heterocycles. The number of halogens is 1. The lowest BCUT2D eigenvalue weighted by molar-refractivity contribution is -0.555. The van der Waals surface area contributed by atoms with Crippen LogP contribution in [0.25, 0.3) is 22.3 Å². The second-order valence-corrected chi connectivity index (χ2v) is 8.95. The van der Waals surface area contributed by atoms with E-state index in [4.69, 9.17) is 21.0 Å². The Balaban J connectivity index is 0.00000306. The number of aromatic nitrogens is 3. The lowest BCUT2D eigenvalue weighted by Gasteiger charge is -2.07. The van der Waals surface area contributed by atoms with Crippen LogP contribution in [0.1, 0.15) is 83.1 Å². The first-order valence-electron chi connectivity index (χ1n) is 12.3. The summed E-state index contributed by atoms with van der Waals surface area (Å²) in [6.07, 6.45) is 14.8. The Labute approximate surface area is 202 Å². The van der Waals surface area contributed by atoms with E-state index in [2.05, 4.69) is 47.1 Å². The van der Waals surface area contributed by atoms with Crippen molar-refractivity contribution in [2.75, 3.05) is 6.54 Å². The molecule has 1 atom stereocenters. The van der Waals surface area contributed by atoms with Crippen molar-refractivity contribution < 1.29 is 21.5 Å². The highest BCUT2D eigenvalue weighted by atomic mass is 35.5. The number of fused-ring (bicyclic) bond motifs is 1. The van der Waals surface area contributed by atoms with Crippen molar-refractivity contribution in [1.82, 2.24) is 14.7 Å². The maximum atomic E-state index is 5.83. The van der Waals surface area contributed by atoms with Crippen LogP contribution in [-0.2, 0) is 6.54 Å². The first kappa shape index (κ1) is 25.1. The van der Waals surface area contributed by atoms with Gasteiger partial charge in [-0.2, -0.15) is 4.98 Å². The summed E-state index contributed by atoms with van der Waals surface area (Å²) >= 11 is 0. The zero-order chi connectivity index (χ0) is 22.3. The fourth-order valence-corrected chi connectivity index (χ4v) is 4.84. The summed E-state index contributed by atoms with van der Waals surface area (Å²) in [5.74, 6) is 1.52. The van der Waals surface area contributed by atoms with E-state index in [1.807, 2.05) is 4.58 Å². The average molecular weight is 473 g/mol. The largest absolute Gasteiger partial charge is 1.00 e. The van der Waals surface area contributed by atoms with E-state index in [1.54, 1.807) is 0 Å². The highest BCUT2D eigenvalue weighted by molar-refractivity contribution is 5.93. The minimum atomic E-state index is -0.0352. The van der Waals surface area contributed by atoms with Crippen LogP contribution in [0.3, 0.4) is 0 Å². The number of nitrogens with zero attached hydrogens (tertiary/aromatic N) is 4. The summed E-state index contributed by atoms with van der Waals surface area (Å²) in [6, 6.07) is 8.44. The predicted octanol–water partition coefficient (Wildman–Crippen LogP) is 1.96. The van der Waals surface area contributed by atoms with Crippen molar-refractivity contribution in [2.24, 2.45) is 11.5 Å². The molecular weight excluding hydrogens is 436 g/mol. The Kier molecular flexibility index (Phi) is 9.18. The zero-order valence-corrected chi connectivity index (χ0v) is 20.4. The molecule has 1 fully saturated rings. The summed E-state index contributed by atoms with van der Waals surface area (Å²) < 4.78 is 9.92.